The Morgan fingerprint density at radius 2 is 2.06 bits per heavy atom. The molecule has 1 spiro atoms. The van der Waals surface area contributed by atoms with Gasteiger partial charge in [-0.1, -0.05) is 0 Å². The smallest absolute Gasteiger partial charge is 0.325 e. The van der Waals surface area contributed by atoms with Crippen molar-refractivity contribution in [2.45, 2.75) is 18.4 Å². The topological polar surface area (TPSA) is 90.5 Å². The van der Waals surface area contributed by atoms with E-state index in [1.807, 2.05) is 0 Å². The van der Waals surface area contributed by atoms with Crippen LogP contribution in [0.1, 0.15) is 12.8 Å². The number of amides is 4. The molecule has 0 aromatic carbocycles. The summed E-state index contributed by atoms with van der Waals surface area (Å²) in [4.78, 5) is 36.1. The van der Waals surface area contributed by atoms with E-state index in [1.54, 1.807) is 0 Å². The molecule has 17 heavy (non-hydrogen) atoms. The molecule has 0 radical (unpaired) electrons. The molecule has 0 aromatic heterocycles. The molecule has 0 saturated carbocycles. The summed E-state index contributed by atoms with van der Waals surface area (Å²) in [6, 6.07) is -0.472. The predicted molar refractivity (Wildman–Crippen MR) is 59.1 cm³/mol. The van der Waals surface area contributed by atoms with Gasteiger partial charge in [0, 0.05) is 7.05 Å². The van der Waals surface area contributed by atoms with Crippen LogP contribution in [0, 0.1) is 0 Å². The third-order valence-electron chi connectivity index (χ3n) is 3.28. The molecule has 2 fully saturated rings. The molecule has 7 nitrogen and oxygen atoms in total. The number of hydrogen-bond acceptors (Lipinski definition) is 4. The van der Waals surface area contributed by atoms with Crippen LogP contribution in [0.25, 0.3) is 0 Å². The summed E-state index contributed by atoms with van der Waals surface area (Å²) in [6.07, 6.45) is 1.14. The first kappa shape index (κ1) is 11.8. The van der Waals surface area contributed by atoms with E-state index in [9.17, 15) is 14.4 Å². The van der Waals surface area contributed by atoms with E-state index >= 15 is 0 Å². The summed E-state index contributed by atoms with van der Waals surface area (Å²) >= 11 is 0. The number of carbonyl (C=O) groups excluding carboxylic acids is 3. The number of nitrogens with one attached hydrogen (secondary N) is 3. The van der Waals surface area contributed by atoms with E-state index in [-0.39, 0.29) is 18.4 Å². The average Bonchev–Trinajstić information content (AvgIpc) is 2.55. The minimum absolute atomic E-state index is 0.212. The Labute approximate surface area is 98.9 Å². The number of urea groups is 1. The third kappa shape index (κ3) is 1.97. The van der Waals surface area contributed by atoms with E-state index < -0.39 is 11.6 Å². The molecule has 2 aliphatic heterocycles. The van der Waals surface area contributed by atoms with Crippen LogP contribution in [0.2, 0.25) is 0 Å². The van der Waals surface area contributed by atoms with Gasteiger partial charge in [0.05, 0.1) is 0 Å². The Hall–Kier alpha value is -1.63. The molecule has 3 N–H and O–H groups in total. The highest BCUT2D eigenvalue weighted by Crippen LogP contribution is 2.26. The molecule has 2 saturated heterocycles. The predicted octanol–water partition coefficient (Wildman–Crippen LogP) is -1.59. The van der Waals surface area contributed by atoms with Crippen LogP contribution < -0.4 is 16.0 Å². The molecular formula is C10H16N4O3. The van der Waals surface area contributed by atoms with E-state index in [0.29, 0.717) is 25.9 Å². The van der Waals surface area contributed by atoms with Crippen LogP contribution in [0.5, 0.6) is 0 Å². The largest absolute Gasteiger partial charge is 0.358 e. The molecular weight excluding hydrogens is 224 g/mol. The van der Waals surface area contributed by atoms with Crippen molar-refractivity contribution < 1.29 is 14.4 Å². The number of hydrogen-bond donors (Lipinski definition) is 3. The molecule has 7 heteroatoms. The van der Waals surface area contributed by atoms with Crippen molar-refractivity contribution in [3.63, 3.8) is 0 Å². The highest BCUT2D eigenvalue weighted by molar-refractivity contribution is 6.09. The Morgan fingerprint density at radius 1 is 1.41 bits per heavy atom. The van der Waals surface area contributed by atoms with Crippen LogP contribution >= 0.6 is 0 Å². The molecule has 0 bridgehead atoms. The first-order chi connectivity index (χ1) is 8.09. The highest BCUT2D eigenvalue weighted by atomic mass is 16.2. The van der Waals surface area contributed by atoms with Crippen molar-refractivity contribution in [2.24, 2.45) is 0 Å². The Kier molecular flexibility index (Phi) is 3.01. The Balaban J connectivity index is 2.13. The molecule has 0 aromatic rings. The number of nitrogens with zero attached hydrogens (tertiary/aromatic N) is 1. The van der Waals surface area contributed by atoms with Crippen molar-refractivity contribution in [3.8, 4) is 0 Å². The van der Waals surface area contributed by atoms with Gasteiger partial charge < -0.3 is 16.0 Å². The van der Waals surface area contributed by atoms with Gasteiger partial charge in [-0.25, -0.2) is 4.79 Å². The second kappa shape index (κ2) is 4.33. The van der Waals surface area contributed by atoms with Crippen molar-refractivity contribution in [2.75, 3.05) is 26.7 Å². The van der Waals surface area contributed by atoms with Gasteiger partial charge in [-0.3, -0.25) is 14.5 Å². The first-order valence-corrected chi connectivity index (χ1v) is 5.64. The zero-order chi connectivity index (χ0) is 12.5. The van der Waals surface area contributed by atoms with Crippen LogP contribution in [0.3, 0.4) is 0 Å². The first-order valence-electron chi connectivity index (χ1n) is 5.64. The summed E-state index contributed by atoms with van der Waals surface area (Å²) in [5.74, 6) is -0.632. The maximum absolute atomic E-state index is 12.2. The number of rotatable bonds is 2. The van der Waals surface area contributed by atoms with E-state index in [4.69, 9.17) is 0 Å². The van der Waals surface area contributed by atoms with Gasteiger partial charge in [0.2, 0.25) is 5.91 Å². The summed E-state index contributed by atoms with van der Waals surface area (Å²) in [7, 11) is 1.47. The van der Waals surface area contributed by atoms with Crippen molar-refractivity contribution in [1.82, 2.24) is 20.9 Å². The van der Waals surface area contributed by atoms with Gasteiger partial charge in [-0.2, -0.15) is 0 Å². The van der Waals surface area contributed by atoms with Crippen LogP contribution in [0.4, 0.5) is 4.79 Å². The van der Waals surface area contributed by atoms with Crippen molar-refractivity contribution in [3.05, 3.63) is 0 Å². The standard InChI is InChI=1S/C10H16N4O3/c1-11-7(15)6-14-8(16)10(13-9(14)17)2-4-12-5-3-10/h12H,2-6H2,1H3,(H,11,15)(H,13,17). The molecule has 94 valence electrons. The quantitative estimate of drug-likeness (QED) is 0.507. The number of piperidine rings is 1. The number of imide groups is 1. The lowest BCUT2D eigenvalue weighted by atomic mass is 9.88. The van der Waals surface area contributed by atoms with Crippen molar-refractivity contribution in [1.29, 1.82) is 0 Å². The molecule has 2 rings (SSSR count). The second-order valence-electron chi connectivity index (χ2n) is 4.33. The minimum Gasteiger partial charge on any atom is -0.358 e. The molecule has 0 aliphatic carbocycles. The Morgan fingerprint density at radius 3 is 2.65 bits per heavy atom. The lowest BCUT2D eigenvalue weighted by Gasteiger charge is -2.30. The van der Waals surface area contributed by atoms with Crippen LogP contribution in [-0.4, -0.2) is 55.0 Å². The average molecular weight is 240 g/mol. The molecule has 0 atom stereocenters. The fourth-order valence-electron chi connectivity index (χ4n) is 2.23. The molecule has 0 unspecified atom stereocenters. The fraction of sp³-hybridized carbons (Fsp3) is 0.700. The van der Waals surface area contributed by atoms with Crippen LogP contribution in [-0.2, 0) is 9.59 Å². The van der Waals surface area contributed by atoms with Gasteiger partial charge in [0.15, 0.2) is 0 Å². The molecule has 4 amide bonds. The normalized spacial score (nSPS) is 22.8. The molecule has 2 heterocycles. The summed E-state index contributed by atoms with van der Waals surface area (Å²) in [5.41, 5.74) is -0.795. The van der Waals surface area contributed by atoms with Crippen LogP contribution in [0.15, 0.2) is 0 Å². The van der Waals surface area contributed by atoms with E-state index in [0.717, 1.165) is 4.90 Å². The summed E-state index contributed by atoms with van der Waals surface area (Å²) in [5, 5.41) is 8.25. The SMILES string of the molecule is CNC(=O)CN1C(=O)NC2(CCNCC2)C1=O. The summed E-state index contributed by atoms with van der Waals surface area (Å²) < 4.78 is 0. The van der Waals surface area contributed by atoms with E-state index in [2.05, 4.69) is 16.0 Å². The van der Waals surface area contributed by atoms with Gasteiger partial charge in [-0.15, -0.1) is 0 Å². The lowest BCUT2D eigenvalue weighted by molar-refractivity contribution is -0.135. The summed E-state index contributed by atoms with van der Waals surface area (Å²) in [6.45, 7) is 1.18. The maximum atomic E-state index is 12.2. The maximum Gasteiger partial charge on any atom is 0.325 e. The Bertz CT molecular complexity index is 363. The van der Waals surface area contributed by atoms with E-state index in [1.165, 1.54) is 7.05 Å². The second-order valence-corrected chi connectivity index (χ2v) is 4.33. The number of carbonyl (C=O) groups is 3. The molecule has 2 aliphatic rings. The highest BCUT2D eigenvalue weighted by Gasteiger charge is 2.51. The third-order valence-corrected chi connectivity index (χ3v) is 3.28. The number of likely N-dealkylation sites (N-methyl/N-ethyl adjacent to an activating group) is 1. The fourth-order valence-corrected chi connectivity index (χ4v) is 2.23. The van der Waals surface area contributed by atoms with Gasteiger partial charge in [0.25, 0.3) is 5.91 Å². The van der Waals surface area contributed by atoms with Gasteiger partial charge in [0.1, 0.15) is 12.1 Å². The van der Waals surface area contributed by atoms with Gasteiger partial charge in [-0.05, 0) is 25.9 Å². The zero-order valence-electron chi connectivity index (χ0n) is 9.71. The zero-order valence-corrected chi connectivity index (χ0v) is 9.71. The van der Waals surface area contributed by atoms with Crippen molar-refractivity contribution >= 4 is 17.8 Å². The minimum atomic E-state index is -0.795. The lowest BCUT2D eigenvalue weighted by Crippen LogP contribution is -2.54. The monoisotopic (exact) mass is 240 g/mol. The van der Waals surface area contributed by atoms with Gasteiger partial charge >= 0.3 is 6.03 Å².